The largest absolute Gasteiger partial charge is 0.370 e. The second-order valence-corrected chi connectivity index (χ2v) is 8.97. The number of hydrogen-bond donors (Lipinski definition) is 3. The van der Waals surface area contributed by atoms with E-state index in [4.69, 9.17) is 0 Å². The van der Waals surface area contributed by atoms with E-state index in [1.807, 2.05) is 6.07 Å². The molecule has 0 spiro atoms. The van der Waals surface area contributed by atoms with Gasteiger partial charge in [-0.05, 0) is 50.1 Å². The number of anilines is 1. The van der Waals surface area contributed by atoms with Crippen LogP contribution in [-0.4, -0.2) is 69.7 Å². The van der Waals surface area contributed by atoms with E-state index >= 15 is 0 Å². The predicted octanol–water partition coefficient (Wildman–Crippen LogP) is 1.52. The topological polar surface area (TPSA) is 98.6 Å². The van der Waals surface area contributed by atoms with Crippen LogP contribution in [0.4, 0.5) is 5.69 Å². The highest BCUT2D eigenvalue weighted by Gasteiger charge is 2.33. The van der Waals surface area contributed by atoms with Crippen LogP contribution in [-0.2, 0) is 0 Å². The van der Waals surface area contributed by atoms with Gasteiger partial charge < -0.3 is 15.2 Å². The first-order valence-electron chi connectivity index (χ1n) is 11.0. The van der Waals surface area contributed by atoms with Gasteiger partial charge in [-0.3, -0.25) is 14.5 Å². The molecule has 2 N–H and O–H groups in total. The Hall–Kier alpha value is -2.85. The third-order valence-electron chi connectivity index (χ3n) is 6.68. The van der Waals surface area contributed by atoms with Crippen LogP contribution in [0, 0.1) is 0 Å². The van der Waals surface area contributed by atoms with Gasteiger partial charge >= 0.3 is 0 Å². The molecule has 9 nitrogen and oxygen atoms in total. The number of carbonyl (C=O) groups is 1. The van der Waals surface area contributed by atoms with E-state index in [1.54, 1.807) is 36.0 Å². The molecule has 10 heteroatoms. The molecule has 1 amide bonds. The molecule has 2 fully saturated rings. The highest BCUT2D eigenvalue weighted by molar-refractivity contribution is 7.80. The van der Waals surface area contributed by atoms with Crippen LogP contribution in [0.15, 0.2) is 40.3 Å². The van der Waals surface area contributed by atoms with Gasteiger partial charge in [0, 0.05) is 38.6 Å². The molecular formula is C22H27N7O2S. The molecule has 0 radical (unpaired) electrons. The van der Waals surface area contributed by atoms with Crippen LogP contribution in [0.25, 0.3) is 5.52 Å². The summed E-state index contributed by atoms with van der Waals surface area (Å²) in [5.74, 6) is 0.800. The number of piperidine rings is 1. The molecule has 0 aromatic carbocycles. The number of carbonyl (C=O) groups excluding carboxylic acids is 1. The Morgan fingerprint density at radius 1 is 1.16 bits per heavy atom. The van der Waals surface area contributed by atoms with Crippen LogP contribution >= 0.6 is 12.6 Å². The summed E-state index contributed by atoms with van der Waals surface area (Å²) in [6, 6.07) is 7.81. The SMILES string of the molecule is CNC(=O)c1ccc(N2CCC(N3CCC(c4nn5c(S)ccc5c(=O)[nH]4)C3)CC2)cn1. The van der Waals surface area contributed by atoms with Gasteiger partial charge in [-0.25, -0.2) is 9.50 Å². The Labute approximate surface area is 191 Å². The average Bonchev–Trinajstić information content (AvgIpc) is 3.47. The number of hydrogen-bond acceptors (Lipinski definition) is 7. The average molecular weight is 454 g/mol. The third-order valence-corrected chi connectivity index (χ3v) is 7.02. The van der Waals surface area contributed by atoms with Crippen molar-refractivity contribution < 1.29 is 4.79 Å². The van der Waals surface area contributed by atoms with Crippen molar-refractivity contribution in [1.82, 2.24) is 29.8 Å². The minimum Gasteiger partial charge on any atom is -0.370 e. The zero-order chi connectivity index (χ0) is 22.2. The molecule has 1 unspecified atom stereocenters. The summed E-state index contributed by atoms with van der Waals surface area (Å²) in [4.78, 5) is 36.2. The lowest BCUT2D eigenvalue weighted by Gasteiger charge is -2.37. The van der Waals surface area contributed by atoms with Crippen molar-refractivity contribution in [2.45, 2.75) is 36.2 Å². The number of aromatic nitrogens is 4. The lowest BCUT2D eigenvalue weighted by Crippen LogP contribution is -2.44. The summed E-state index contributed by atoms with van der Waals surface area (Å²) >= 11 is 4.41. The first kappa shape index (κ1) is 21.0. The molecule has 32 heavy (non-hydrogen) atoms. The summed E-state index contributed by atoms with van der Waals surface area (Å²) in [5, 5.41) is 7.92. The zero-order valence-corrected chi connectivity index (χ0v) is 18.9. The second kappa shape index (κ2) is 8.59. The van der Waals surface area contributed by atoms with Crippen LogP contribution in [0.3, 0.4) is 0 Å². The molecule has 5 rings (SSSR count). The van der Waals surface area contributed by atoms with Crippen molar-refractivity contribution in [3.8, 4) is 0 Å². The maximum Gasteiger partial charge on any atom is 0.275 e. The van der Waals surface area contributed by atoms with Gasteiger partial charge in [-0.2, -0.15) is 5.10 Å². The Balaban J connectivity index is 1.21. The number of likely N-dealkylation sites (tertiary alicyclic amines) is 1. The first-order valence-corrected chi connectivity index (χ1v) is 11.5. The van der Waals surface area contributed by atoms with Crippen LogP contribution < -0.4 is 15.8 Å². The van der Waals surface area contributed by atoms with Gasteiger partial charge in [-0.1, -0.05) is 0 Å². The minimum absolute atomic E-state index is 0.113. The van der Waals surface area contributed by atoms with Crippen molar-refractivity contribution in [2.75, 3.05) is 38.1 Å². The quantitative estimate of drug-likeness (QED) is 0.518. The fraction of sp³-hybridized carbons (Fsp3) is 0.455. The fourth-order valence-electron chi connectivity index (χ4n) is 4.86. The fourth-order valence-corrected chi connectivity index (χ4v) is 5.09. The molecular weight excluding hydrogens is 426 g/mol. The van der Waals surface area contributed by atoms with Gasteiger partial charge in [0.25, 0.3) is 11.5 Å². The highest BCUT2D eigenvalue weighted by atomic mass is 32.1. The number of fused-ring (bicyclic) bond motifs is 1. The normalized spacial score (nSPS) is 20.2. The maximum atomic E-state index is 12.4. The van der Waals surface area contributed by atoms with E-state index < -0.39 is 0 Å². The summed E-state index contributed by atoms with van der Waals surface area (Å²) in [6.07, 6.45) is 4.92. The summed E-state index contributed by atoms with van der Waals surface area (Å²) < 4.78 is 1.63. The number of pyridine rings is 1. The lowest BCUT2D eigenvalue weighted by molar-refractivity contribution is 0.0958. The molecule has 2 aliphatic rings. The zero-order valence-electron chi connectivity index (χ0n) is 18.0. The van der Waals surface area contributed by atoms with Gasteiger partial charge in [-0.15, -0.1) is 12.6 Å². The number of nitrogens with one attached hydrogen (secondary N) is 2. The van der Waals surface area contributed by atoms with Crippen molar-refractivity contribution in [3.05, 3.63) is 52.3 Å². The molecule has 1 atom stereocenters. The first-order chi connectivity index (χ1) is 15.5. The summed E-state index contributed by atoms with van der Waals surface area (Å²) in [5.41, 5.74) is 1.90. The van der Waals surface area contributed by atoms with E-state index in [-0.39, 0.29) is 17.4 Å². The number of H-pyrrole nitrogens is 1. The van der Waals surface area contributed by atoms with E-state index in [2.05, 4.69) is 42.8 Å². The third kappa shape index (κ3) is 3.88. The molecule has 2 aliphatic heterocycles. The van der Waals surface area contributed by atoms with E-state index in [1.165, 1.54) is 0 Å². The highest BCUT2D eigenvalue weighted by Crippen LogP contribution is 2.30. The molecule has 3 aromatic rings. The van der Waals surface area contributed by atoms with Crippen LogP contribution in [0.5, 0.6) is 0 Å². The number of nitrogens with zero attached hydrogens (tertiary/aromatic N) is 5. The van der Waals surface area contributed by atoms with Crippen LogP contribution in [0.1, 0.15) is 41.5 Å². The summed E-state index contributed by atoms with van der Waals surface area (Å²) in [7, 11) is 1.61. The molecule has 0 aliphatic carbocycles. The van der Waals surface area contributed by atoms with Gasteiger partial charge in [0.1, 0.15) is 17.0 Å². The Bertz CT molecular complexity index is 1180. The number of rotatable bonds is 4. The molecule has 5 heterocycles. The predicted molar refractivity (Wildman–Crippen MR) is 125 cm³/mol. The number of thiol groups is 1. The van der Waals surface area contributed by atoms with Crippen molar-refractivity contribution in [1.29, 1.82) is 0 Å². The maximum absolute atomic E-state index is 12.4. The molecule has 3 aromatic heterocycles. The monoisotopic (exact) mass is 453 g/mol. The smallest absolute Gasteiger partial charge is 0.275 e. The standard InChI is InChI=1S/C22H27N7O2S/c1-23-21(30)17-3-2-16(12-24-17)27-10-7-15(8-11-27)28-9-6-14(13-28)20-25-22(31)18-4-5-19(32)29(18)26-20/h2-5,12,14-15,32H,6-11,13H2,1H3,(H,23,30)(H,25,26,31). The molecule has 0 bridgehead atoms. The number of amides is 1. The Kier molecular flexibility index (Phi) is 5.64. The Morgan fingerprint density at radius 2 is 1.97 bits per heavy atom. The number of aromatic amines is 1. The molecule has 0 saturated carbocycles. The lowest BCUT2D eigenvalue weighted by atomic mass is 10.0. The van der Waals surface area contributed by atoms with Gasteiger partial charge in [0.2, 0.25) is 0 Å². The van der Waals surface area contributed by atoms with Gasteiger partial charge in [0.05, 0.1) is 16.9 Å². The van der Waals surface area contributed by atoms with Crippen molar-refractivity contribution in [2.24, 2.45) is 0 Å². The molecule has 168 valence electrons. The summed E-state index contributed by atoms with van der Waals surface area (Å²) in [6.45, 7) is 3.84. The van der Waals surface area contributed by atoms with E-state index in [0.29, 0.717) is 22.3 Å². The minimum atomic E-state index is -0.170. The second-order valence-electron chi connectivity index (χ2n) is 8.51. The van der Waals surface area contributed by atoms with E-state index in [0.717, 1.165) is 57.0 Å². The van der Waals surface area contributed by atoms with Gasteiger partial charge in [0.15, 0.2) is 0 Å². The van der Waals surface area contributed by atoms with Crippen LogP contribution in [0.2, 0.25) is 0 Å². The van der Waals surface area contributed by atoms with Crippen molar-refractivity contribution in [3.63, 3.8) is 0 Å². The molecule has 2 saturated heterocycles. The van der Waals surface area contributed by atoms with Crippen molar-refractivity contribution >= 4 is 29.7 Å². The Morgan fingerprint density at radius 3 is 2.69 bits per heavy atom. The van der Waals surface area contributed by atoms with E-state index in [9.17, 15) is 9.59 Å².